The lowest BCUT2D eigenvalue weighted by Gasteiger charge is -2.26. The summed E-state index contributed by atoms with van der Waals surface area (Å²) < 4.78 is 0. The minimum atomic E-state index is -0.266. The zero-order valence-electron chi connectivity index (χ0n) is 15.3. The first-order valence-electron chi connectivity index (χ1n) is 9.41. The van der Waals surface area contributed by atoms with Gasteiger partial charge < -0.3 is 11.1 Å². The zero-order chi connectivity index (χ0) is 18.0. The summed E-state index contributed by atoms with van der Waals surface area (Å²) in [5.74, 6) is -0.388. The maximum atomic E-state index is 12.6. The van der Waals surface area contributed by atoms with E-state index in [9.17, 15) is 9.59 Å². The van der Waals surface area contributed by atoms with Gasteiger partial charge in [0.1, 0.15) is 0 Å². The highest BCUT2D eigenvalue weighted by Crippen LogP contribution is 2.25. The van der Waals surface area contributed by atoms with Gasteiger partial charge in [-0.3, -0.25) is 14.5 Å². The van der Waals surface area contributed by atoms with Crippen LogP contribution in [-0.2, 0) is 22.4 Å². The standard InChI is InChI=1S/C20H29N3O2/c1-13(16-8-7-15-5-3-4-6-17(15)11-16)22-20(25)14(2)23-10-9-18(12-23)19(21)24/h7-8,11,13-14,18H,3-6,9-10,12H2,1-2H3,(H2,21,24)(H,22,25)/t13-,14+,18+/m0/s1. The average Bonchev–Trinajstić information content (AvgIpc) is 3.11. The number of amides is 2. The quantitative estimate of drug-likeness (QED) is 0.858. The molecule has 5 nitrogen and oxygen atoms in total. The van der Waals surface area contributed by atoms with Crippen LogP contribution in [0, 0.1) is 5.92 Å². The highest BCUT2D eigenvalue weighted by molar-refractivity contribution is 5.82. The van der Waals surface area contributed by atoms with Crippen molar-refractivity contribution in [1.82, 2.24) is 10.2 Å². The normalized spacial score (nSPS) is 22.9. The molecule has 5 heteroatoms. The van der Waals surface area contributed by atoms with Crippen LogP contribution in [0.4, 0.5) is 0 Å². The van der Waals surface area contributed by atoms with Gasteiger partial charge in [-0.05, 0) is 69.2 Å². The van der Waals surface area contributed by atoms with Gasteiger partial charge in [0.2, 0.25) is 11.8 Å². The van der Waals surface area contributed by atoms with Crippen LogP contribution in [0.2, 0.25) is 0 Å². The van der Waals surface area contributed by atoms with E-state index >= 15 is 0 Å². The van der Waals surface area contributed by atoms with Gasteiger partial charge in [0.05, 0.1) is 18.0 Å². The highest BCUT2D eigenvalue weighted by atomic mass is 16.2. The minimum absolute atomic E-state index is 0.00958. The Balaban J connectivity index is 1.59. The number of rotatable bonds is 5. The predicted octanol–water partition coefficient (Wildman–Crippen LogP) is 1.94. The number of carbonyl (C=O) groups is 2. The van der Waals surface area contributed by atoms with E-state index in [-0.39, 0.29) is 29.8 Å². The molecule has 0 bridgehead atoms. The largest absolute Gasteiger partial charge is 0.369 e. The van der Waals surface area contributed by atoms with E-state index in [1.165, 1.54) is 30.4 Å². The van der Waals surface area contributed by atoms with Crippen molar-refractivity contribution in [2.45, 2.75) is 58.0 Å². The number of nitrogens with one attached hydrogen (secondary N) is 1. The molecule has 1 aliphatic heterocycles. The molecule has 0 aromatic heterocycles. The molecule has 0 radical (unpaired) electrons. The number of hydrogen-bond acceptors (Lipinski definition) is 3. The fourth-order valence-corrected chi connectivity index (χ4v) is 3.98. The number of nitrogens with two attached hydrogens (primary N) is 1. The average molecular weight is 343 g/mol. The number of hydrogen-bond donors (Lipinski definition) is 2. The Labute approximate surface area is 150 Å². The number of fused-ring (bicyclic) bond motifs is 1. The Morgan fingerprint density at radius 1 is 1.20 bits per heavy atom. The molecule has 2 amide bonds. The monoisotopic (exact) mass is 343 g/mol. The second kappa shape index (κ2) is 7.56. The third-order valence-electron chi connectivity index (χ3n) is 5.78. The first-order valence-corrected chi connectivity index (χ1v) is 9.41. The Hall–Kier alpha value is -1.88. The van der Waals surface area contributed by atoms with Gasteiger partial charge in [0.25, 0.3) is 0 Å². The summed E-state index contributed by atoms with van der Waals surface area (Å²) in [7, 11) is 0. The summed E-state index contributed by atoms with van der Waals surface area (Å²) in [5, 5.41) is 3.13. The molecule has 136 valence electrons. The second-order valence-electron chi connectivity index (χ2n) is 7.52. The van der Waals surface area contributed by atoms with Crippen LogP contribution >= 0.6 is 0 Å². The van der Waals surface area contributed by atoms with Gasteiger partial charge in [-0.25, -0.2) is 0 Å². The van der Waals surface area contributed by atoms with Crippen LogP contribution in [0.15, 0.2) is 18.2 Å². The van der Waals surface area contributed by atoms with Crippen molar-refractivity contribution in [2.75, 3.05) is 13.1 Å². The van der Waals surface area contributed by atoms with Crippen molar-refractivity contribution in [3.8, 4) is 0 Å². The number of aryl methyl sites for hydroxylation is 2. The molecule has 1 saturated heterocycles. The van der Waals surface area contributed by atoms with Gasteiger partial charge in [-0.1, -0.05) is 18.2 Å². The molecular weight excluding hydrogens is 314 g/mol. The third-order valence-corrected chi connectivity index (χ3v) is 5.78. The van der Waals surface area contributed by atoms with E-state index in [0.29, 0.717) is 6.54 Å². The van der Waals surface area contributed by atoms with Gasteiger partial charge in [0.15, 0.2) is 0 Å². The van der Waals surface area contributed by atoms with Crippen molar-refractivity contribution < 1.29 is 9.59 Å². The summed E-state index contributed by atoms with van der Waals surface area (Å²) in [6.45, 7) is 5.26. The molecule has 1 aliphatic carbocycles. The Morgan fingerprint density at radius 3 is 2.60 bits per heavy atom. The minimum Gasteiger partial charge on any atom is -0.369 e. The fourth-order valence-electron chi connectivity index (χ4n) is 3.98. The van der Waals surface area contributed by atoms with Crippen molar-refractivity contribution >= 4 is 11.8 Å². The van der Waals surface area contributed by atoms with Crippen molar-refractivity contribution in [1.29, 1.82) is 0 Å². The van der Waals surface area contributed by atoms with Gasteiger partial charge in [-0.15, -0.1) is 0 Å². The van der Waals surface area contributed by atoms with Crippen LogP contribution < -0.4 is 11.1 Å². The van der Waals surface area contributed by atoms with Crippen LogP contribution in [0.5, 0.6) is 0 Å². The molecule has 3 N–H and O–H groups in total. The molecule has 1 aromatic carbocycles. The Morgan fingerprint density at radius 2 is 1.92 bits per heavy atom. The smallest absolute Gasteiger partial charge is 0.237 e. The first-order chi connectivity index (χ1) is 12.0. The lowest BCUT2D eigenvalue weighted by Crippen LogP contribution is -2.45. The lowest BCUT2D eigenvalue weighted by molar-refractivity contribution is -0.127. The molecule has 2 aliphatic rings. The van der Waals surface area contributed by atoms with Gasteiger partial charge in [-0.2, -0.15) is 0 Å². The van der Waals surface area contributed by atoms with E-state index in [1.54, 1.807) is 0 Å². The molecule has 3 rings (SSSR count). The molecule has 3 atom stereocenters. The molecular formula is C20H29N3O2. The number of primary amides is 1. The number of nitrogens with zero attached hydrogens (tertiary/aromatic N) is 1. The predicted molar refractivity (Wildman–Crippen MR) is 98.0 cm³/mol. The van der Waals surface area contributed by atoms with E-state index in [4.69, 9.17) is 5.73 Å². The molecule has 25 heavy (non-hydrogen) atoms. The number of carbonyl (C=O) groups excluding carboxylic acids is 2. The number of likely N-dealkylation sites (tertiary alicyclic amines) is 1. The highest BCUT2D eigenvalue weighted by Gasteiger charge is 2.32. The zero-order valence-corrected chi connectivity index (χ0v) is 15.3. The Kier molecular flexibility index (Phi) is 5.42. The fraction of sp³-hybridized carbons (Fsp3) is 0.600. The summed E-state index contributed by atoms with van der Waals surface area (Å²) in [5.41, 5.74) is 9.43. The SMILES string of the molecule is C[C@H](NC(=O)[C@@H](C)N1CC[C@@H](C(N)=O)C1)c1ccc2c(c1)CCCC2. The van der Waals surface area contributed by atoms with Crippen LogP contribution in [0.1, 0.15) is 55.8 Å². The first kappa shape index (κ1) is 17.9. The maximum absolute atomic E-state index is 12.6. The van der Waals surface area contributed by atoms with E-state index in [1.807, 2.05) is 18.7 Å². The van der Waals surface area contributed by atoms with Crippen molar-refractivity contribution in [3.05, 3.63) is 34.9 Å². The summed E-state index contributed by atoms with van der Waals surface area (Å²) in [4.78, 5) is 26.0. The van der Waals surface area contributed by atoms with Gasteiger partial charge >= 0.3 is 0 Å². The van der Waals surface area contributed by atoms with Crippen molar-refractivity contribution in [3.63, 3.8) is 0 Å². The van der Waals surface area contributed by atoms with Crippen LogP contribution in [0.3, 0.4) is 0 Å². The van der Waals surface area contributed by atoms with Crippen LogP contribution in [0.25, 0.3) is 0 Å². The second-order valence-corrected chi connectivity index (χ2v) is 7.52. The molecule has 0 spiro atoms. The summed E-state index contributed by atoms with van der Waals surface area (Å²) in [6, 6.07) is 6.34. The molecule has 0 saturated carbocycles. The van der Waals surface area contributed by atoms with Crippen molar-refractivity contribution in [2.24, 2.45) is 11.7 Å². The van der Waals surface area contributed by atoms with Crippen LogP contribution in [-0.4, -0.2) is 35.8 Å². The summed E-state index contributed by atoms with van der Waals surface area (Å²) in [6.07, 6.45) is 5.59. The molecule has 1 aromatic rings. The van der Waals surface area contributed by atoms with E-state index in [2.05, 4.69) is 23.5 Å². The number of benzene rings is 1. The van der Waals surface area contributed by atoms with Gasteiger partial charge in [0, 0.05) is 6.54 Å². The van der Waals surface area contributed by atoms with E-state index < -0.39 is 0 Å². The lowest BCUT2D eigenvalue weighted by atomic mass is 9.89. The molecule has 1 fully saturated rings. The molecule has 0 unspecified atom stereocenters. The summed E-state index contributed by atoms with van der Waals surface area (Å²) >= 11 is 0. The Bertz CT molecular complexity index is 658. The maximum Gasteiger partial charge on any atom is 0.237 e. The third kappa shape index (κ3) is 4.03. The topological polar surface area (TPSA) is 75.4 Å². The molecule has 1 heterocycles. The van der Waals surface area contributed by atoms with E-state index in [0.717, 1.165) is 24.9 Å².